The molecule has 0 bridgehead atoms. The second-order valence-corrected chi connectivity index (χ2v) is 3.32. The van der Waals surface area contributed by atoms with Gasteiger partial charge in [0.1, 0.15) is 0 Å². The quantitative estimate of drug-likeness (QED) is 0.721. The summed E-state index contributed by atoms with van der Waals surface area (Å²) in [5.41, 5.74) is 0.309. The van der Waals surface area contributed by atoms with E-state index in [0.717, 1.165) is 0 Å². The normalized spacial score (nSPS) is 12.4. The molecule has 0 aliphatic rings. The Balaban J connectivity index is 3.04. The van der Waals surface area contributed by atoms with Crippen LogP contribution in [0.15, 0.2) is 29.2 Å². The molecule has 0 spiro atoms. The zero-order valence-corrected chi connectivity index (χ0v) is 7.41. The molecule has 0 radical (unpaired) electrons. The summed E-state index contributed by atoms with van der Waals surface area (Å²) in [5.74, 6) is -1.04. The number of hydrogen-bond acceptors (Lipinski definition) is 3. The zero-order valence-electron chi connectivity index (χ0n) is 6.60. The van der Waals surface area contributed by atoms with Gasteiger partial charge in [-0.3, -0.25) is 9.00 Å². The van der Waals surface area contributed by atoms with Crippen LogP contribution in [-0.4, -0.2) is 19.8 Å². The van der Waals surface area contributed by atoms with Crippen molar-refractivity contribution in [3.8, 4) is 0 Å². The van der Waals surface area contributed by atoms with Gasteiger partial charge in [0.25, 0.3) is 0 Å². The number of aliphatic carboxylic acids is 1. The maximum atomic E-state index is 10.6. The molecule has 1 atom stereocenters. The summed E-state index contributed by atoms with van der Waals surface area (Å²) in [6.45, 7) is 0. The van der Waals surface area contributed by atoms with Gasteiger partial charge >= 0.3 is 5.97 Å². The van der Waals surface area contributed by atoms with Crippen LogP contribution in [0.3, 0.4) is 0 Å². The summed E-state index contributed by atoms with van der Waals surface area (Å²) < 4.78 is 21.2. The summed E-state index contributed by atoms with van der Waals surface area (Å²) in [5, 5.41) is 8.47. The monoisotopic (exact) mass is 199 g/mol. The molecular formula is C8H7O4S-. The largest absolute Gasteiger partial charge is 0.768 e. The Morgan fingerprint density at radius 2 is 2.08 bits per heavy atom. The van der Waals surface area contributed by atoms with Gasteiger partial charge in [-0.25, -0.2) is 0 Å². The maximum Gasteiger partial charge on any atom is 0.307 e. The molecule has 0 fully saturated rings. The molecule has 70 valence electrons. The highest BCUT2D eigenvalue weighted by Crippen LogP contribution is 2.12. The predicted octanol–water partition coefficient (Wildman–Crippen LogP) is 0.552. The minimum absolute atomic E-state index is 0.0462. The summed E-state index contributed by atoms with van der Waals surface area (Å²) in [7, 11) is 0. The summed E-state index contributed by atoms with van der Waals surface area (Å²) in [4.78, 5) is 10.4. The third-order valence-corrected chi connectivity index (χ3v) is 2.25. The van der Waals surface area contributed by atoms with E-state index in [1.165, 1.54) is 12.1 Å². The van der Waals surface area contributed by atoms with E-state index in [9.17, 15) is 13.6 Å². The van der Waals surface area contributed by atoms with Crippen molar-refractivity contribution in [2.75, 3.05) is 0 Å². The zero-order chi connectivity index (χ0) is 9.84. The van der Waals surface area contributed by atoms with E-state index in [-0.39, 0.29) is 11.3 Å². The van der Waals surface area contributed by atoms with Gasteiger partial charge in [-0.2, -0.15) is 0 Å². The minimum Gasteiger partial charge on any atom is -0.768 e. The first-order valence-electron chi connectivity index (χ1n) is 3.50. The van der Waals surface area contributed by atoms with Crippen LogP contribution in [0.1, 0.15) is 5.56 Å². The molecule has 4 nitrogen and oxygen atoms in total. The van der Waals surface area contributed by atoms with Gasteiger partial charge in [-0.15, -0.1) is 0 Å². The molecule has 0 amide bonds. The van der Waals surface area contributed by atoms with Crippen LogP contribution in [0.2, 0.25) is 0 Å². The van der Waals surface area contributed by atoms with Crippen LogP contribution < -0.4 is 0 Å². The van der Waals surface area contributed by atoms with Gasteiger partial charge in [0.05, 0.1) is 6.42 Å². The van der Waals surface area contributed by atoms with E-state index >= 15 is 0 Å². The lowest BCUT2D eigenvalue weighted by atomic mass is 10.1. The van der Waals surface area contributed by atoms with Gasteiger partial charge in [-0.1, -0.05) is 18.2 Å². The molecule has 5 heteroatoms. The van der Waals surface area contributed by atoms with Crippen molar-refractivity contribution in [3.63, 3.8) is 0 Å². The van der Waals surface area contributed by atoms with E-state index in [2.05, 4.69) is 0 Å². The lowest BCUT2D eigenvalue weighted by Gasteiger charge is -2.09. The standard InChI is InChI=1S/C8H8O4S/c9-8(10)5-6-3-1-2-4-7(6)13(11)12/h1-4H,5H2,(H,9,10)(H,11,12)/p-1. The third-order valence-electron chi connectivity index (χ3n) is 1.49. The molecule has 0 aliphatic heterocycles. The van der Waals surface area contributed by atoms with Crippen molar-refractivity contribution in [2.45, 2.75) is 11.3 Å². The smallest absolute Gasteiger partial charge is 0.307 e. The fourth-order valence-electron chi connectivity index (χ4n) is 0.975. The Hall–Kier alpha value is -1.20. The maximum absolute atomic E-state index is 10.6. The number of carbonyl (C=O) groups is 1. The number of hydrogen-bond donors (Lipinski definition) is 1. The van der Waals surface area contributed by atoms with Gasteiger partial charge < -0.3 is 9.66 Å². The molecule has 1 unspecified atom stereocenters. The summed E-state index contributed by atoms with van der Waals surface area (Å²) in [6.07, 6.45) is -0.274. The Kier molecular flexibility index (Phi) is 3.16. The number of benzene rings is 1. The van der Waals surface area contributed by atoms with Crippen molar-refractivity contribution in [1.29, 1.82) is 0 Å². The van der Waals surface area contributed by atoms with Crippen molar-refractivity contribution in [3.05, 3.63) is 29.8 Å². The Morgan fingerprint density at radius 3 is 2.62 bits per heavy atom. The fourth-order valence-corrected chi connectivity index (χ4v) is 1.52. The molecule has 1 N–H and O–H groups in total. The molecule has 0 saturated carbocycles. The van der Waals surface area contributed by atoms with Crippen LogP contribution in [0.4, 0.5) is 0 Å². The highest BCUT2D eigenvalue weighted by molar-refractivity contribution is 7.79. The van der Waals surface area contributed by atoms with E-state index in [0.29, 0.717) is 5.56 Å². The van der Waals surface area contributed by atoms with Crippen LogP contribution in [-0.2, 0) is 22.3 Å². The minimum atomic E-state index is -2.37. The average molecular weight is 199 g/mol. The SMILES string of the molecule is O=C(O)Cc1ccccc1S(=O)[O-]. The second kappa shape index (κ2) is 4.15. The van der Waals surface area contributed by atoms with E-state index < -0.39 is 17.0 Å². The first-order chi connectivity index (χ1) is 6.11. The molecule has 0 saturated heterocycles. The molecule has 1 aromatic rings. The van der Waals surface area contributed by atoms with Gasteiger partial charge in [0.2, 0.25) is 0 Å². The number of rotatable bonds is 3. The molecule has 1 rings (SSSR count). The second-order valence-electron chi connectivity index (χ2n) is 2.41. The molecular weight excluding hydrogens is 192 g/mol. The first kappa shape index (κ1) is 9.88. The van der Waals surface area contributed by atoms with Crippen LogP contribution in [0.5, 0.6) is 0 Å². The molecule has 0 heterocycles. The summed E-state index contributed by atoms with van der Waals surface area (Å²) >= 11 is -2.37. The molecule has 0 aromatic heterocycles. The van der Waals surface area contributed by atoms with Gasteiger partial charge in [0, 0.05) is 4.90 Å². The van der Waals surface area contributed by atoms with Crippen LogP contribution in [0.25, 0.3) is 0 Å². The van der Waals surface area contributed by atoms with E-state index in [4.69, 9.17) is 5.11 Å². The first-order valence-corrected chi connectivity index (χ1v) is 4.57. The lowest BCUT2D eigenvalue weighted by Crippen LogP contribution is -2.04. The van der Waals surface area contributed by atoms with Crippen molar-refractivity contribution < 1.29 is 18.7 Å². The highest BCUT2D eigenvalue weighted by Gasteiger charge is 2.05. The number of carboxylic acids is 1. The average Bonchev–Trinajstić information content (AvgIpc) is 2.03. The van der Waals surface area contributed by atoms with E-state index in [1.807, 2.05) is 0 Å². The lowest BCUT2D eigenvalue weighted by molar-refractivity contribution is -0.136. The third kappa shape index (κ3) is 2.64. The van der Waals surface area contributed by atoms with Crippen LogP contribution in [0, 0.1) is 0 Å². The van der Waals surface area contributed by atoms with Crippen LogP contribution >= 0.6 is 0 Å². The van der Waals surface area contributed by atoms with Gasteiger partial charge in [0.15, 0.2) is 0 Å². The predicted molar refractivity (Wildman–Crippen MR) is 45.0 cm³/mol. The Morgan fingerprint density at radius 1 is 1.46 bits per heavy atom. The molecule has 13 heavy (non-hydrogen) atoms. The van der Waals surface area contributed by atoms with Crippen molar-refractivity contribution in [1.82, 2.24) is 0 Å². The Bertz CT molecular complexity index is 348. The van der Waals surface area contributed by atoms with E-state index in [1.54, 1.807) is 12.1 Å². The fraction of sp³-hybridized carbons (Fsp3) is 0.125. The van der Waals surface area contributed by atoms with Gasteiger partial charge in [-0.05, 0) is 22.7 Å². The topological polar surface area (TPSA) is 77.4 Å². The Labute approximate surface area is 77.5 Å². The summed E-state index contributed by atoms with van der Waals surface area (Å²) in [6, 6.07) is 6.02. The van der Waals surface area contributed by atoms with Crippen molar-refractivity contribution >= 4 is 17.0 Å². The molecule has 0 aliphatic carbocycles. The number of carboxylic acid groups (broad SMARTS) is 1. The highest BCUT2D eigenvalue weighted by atomic mass is 32.2. The molecule has 1 aromatic carbocycles. The van der Waals surface area contributed by atoms with Crippen molar-refractivity contribution in [2.24, 2.45) is 0 Å².